The Balaban J connectivity index is 1.47. The Bertz CT molecular complexity index is 762. The van der Waals surface area contributed by atoms with Crippen molar-refractivity contribution in [2.75, 3.05) is 37.7 Å². The van der Waals surface area contributed by atoms with Gasteiger partial charge in [0.25, 0.3) is 0 Å². The molecule has 2 aromatic rings. The summed E-state index contributed by atoms with van der Waals surface area (Å²) in [5, 5.41) is 2.89. The summed E-state index contributed by atoms with van der Waals surface area (Å²) in [6, 6.07) is 17.3. The summed E-state index contributed by atoms with van der Waals surface area (Å²) < 4.78 is 5.43. The minimum atomic E-state index is -0.141. The summed E-state index contributed by atoms with van der Waals surface area (Å²) in [6.45, 7) is 4.30. The molecule has 0 aliphatic carbocycles. The van der Waals surface area contributed by atoms with Gasteiger partial charge in [-0.05, 0) is 43.2 Å². The number of carbonyl (C=O) groups is 2. The van der Waals surface area contributed by atoms with Crippen LogP contribution in [0.15, 0.2) is 54.6 Å². The Hall–Kier alpha value is -3.02. The Morgan fingerprint density at radius 2 is 1.81 bits per heavy atom. The first-order valence-corrected chi connectivity index (χ1v) is 9.27. The Labute approximate surface area is 159 Å². The molecule has 0 saturated carbocycles. The third-order valence-electron chi connectivity index (χ3n) is 4.47. The van der Waals surface area contributed by atoms with Gasteiger partial charge in [0.1, 0.15) is 12.3 Å². The molecule has 3 rings (SSSR count). The maximum atomic E-state index is 12.6. The van der Waals surface area contributed by atoms with Crippen molar-refractivity contribution >= 4 is 17.6 Å². The van der Waals surface area contributed by atoms with E-state index in [-0.39, 0.29) is 18.5 Å². The number of hydrogen-bond donors (Lipinski definition) is 1. The monoisotopic (exact) mass is 367 g/mol. The van der Waals surface area contributed by atoms with Crippen LogP contribution in [0.2, 0.25) is 0 Å². The van der Waals surface area contributed by atoms with Crippen molar-refractivity contribution in [3.63, 3.8) is 0 Å². The predicted octanol–water partition coefficient (Wildman–Crippen LogP) is 2.69. The van der Waals surface area contributed by atoms with Gasteiger partial charge in [0.2, 0.25) is 5.91 Å². The van der Waals surface area contributed by atoms with Crippen molar-refractivity contribution in [3.8, 4) is 5.75 Å². The lowest BCUT2D eigenvalue weighted by molar-refractivity contribution is -0.121. The van der Waals surface area contributed by atoms with E-state index in [1.807, 2.05) is 61.5 Å². The fourth-order valence-corrected chi connectivity index (χ4v) is 3.08. The summed E-state index contributed by atoms with van der Waals surface area (Å²) in [5.74, 6) is 0.648. The van der Waals surface area contributed by atoms with E-state index in [4.69, 9.17) is 4.74 Å². The molecule has 0 bridgehead atoms. The van der Waals surface area contributed by atoms with Crippen LogP contribution in [0.4, 0.5) is 10.5 Å². The van der Waals surface area contributed by atoms with Crippen molar-refractivity contribution in [1.29, 1.82) is 0 Å². The number of nitrogens with one attached hydrogen (secondary N) is 1. The van der Waals surface area contributed by atoms with Crippen LogP contribution in [-0.4, -0.2) is 49.6 Å². The molecule has 3 amide bonds. The summed E-state index contributed by atoms with van der Waals surface area (Å²) in [7, 11) is 0. The van der Waals surface area contributed by atoms with Gasteiger partial charge in [-0.25, -0.2) is 4.79 Å². The maximum Gasteiger partial charge on any atom is 0.325 e. The fourth-order valence-electron chi connectivity index (χ4n) is 3.08. The van der Waals surface area contributed by atoms with Crippen LogP contribution in [0.5, 0.6) is 5.75 Å². The quantitative estimate of drug-likeness (QED) is 0.780. The first-order valence-electron chi connectivity index (χ1n) is 9.27. The standard InChI is InChI=1S/C21H25N3O3/c1-2-27-19-10-8-18(9-11-19)24-15-14-23(21(24)26)16-20(25)22-13-12-17-6-4-3-5-7-17/h3-11H,2,12-16H2,1H3,(H,22,25). The molecule has 27 heavy (non-hydrogen) atoms. The summed E-state index contributed by atoms with van der Waals surface area (Å²) >= 11 is 0. The Kier molecular flexibility index (Phi) is 6.30. The lowest BCUT2D eigenvalue weighted by Crippen LogP contribution is -2.40. The van der Waals surface area contributed by atoms with Gasteiger partial charge >= 0.3 is 6.03 Å². The molecule has 2 aromatic carbocycles. The van der Waals surface area contributed by atoms with Crippen molar-refractivity contribution in [1.82, 2.24) is 10.2 Å². The van der Waals surface area contributed by atoms with E-state index < -0.39 is 0 Å². The van der Waals surface area contributed by atoms with E-state index in [1.54, 1.807) is 9.80 Å². The van der Waals surface area contributed by atoms with Gasteiger partial charge in [0, 0.05) is 25.3 Å². The van der Waals surface area contributed by atoms with E-state index in [9.17, 15) is 9.59 Å². The molecule has 1 aliphatic heterocycles. The molecule has 1 N–H and O–H groups in total. The van der Waals surface area contributed by atoms with Gasteiger partial charge in [-0.3, -0.25) is 9.69 Å². The second-order valence-corrected chi connectivity index (χ2v) is 6.37. The van der Waals surface area contributed by atoms with Crippen molar-refractivity contribution in [3.05, 3.63) is 60.2 Å². The van der Waals surface area contributed by atoms with Crippen LogP contribution in [0.25, 0.3) is 0 Å². The molecule has 0 unspecified atom stereocenters. The number of urea groups is 1. The molecular formula is C21H25N3O3. The van der Waals surface area contributed by atoms with Crippen molar-refractivity contribution < 1.29 is 14.3 Å². The van der Waals surface area contributed by atoms with Crippen LogP contribution in [0.3, 0.4) is 0 Å². The number of carbonyl (C=O) groups excluding carboxylic acids is 2. The second kappa shape index (κ2) is 9.07. The number of hydrogen-bond acceptors (Lipinski definition) is 3. The van der Waals surface area contributed by atoms with Crippen LogP contribution in [-0.2, 0) is 11.2 Å². The van der Waals surface area contributed by atoms with Gasteiger partial charge in [0.05, 0.1) is 6.61 Å². The molecule has 1 fully saturated rings. The van der Waals surface area contributed by atoms with Crippen LogP contribution in [0.1, 0.15) is 12.5 Å². The average molecular weight is 367 g/mol. The van der Waals surface area contributed by atoms with Gasteiger partial charge in [-0.2, -0.15) is 0 Å². The zero-order valence-corrected chi connectivity index (χ0v) is 15.6. The van der Waals surface area contributed by atoms with E-state index in [0.717, 1.165) is 17.9 Å². The summed E-state index contributed by atoms with van der Waals surface area (Å²) in [6.07, 6.45) is 0.777. The molecule has 6 nitrogen and oxygen atoms in total. The minimum absolute atomic E-state index is 0.0845. The van der Waals surface area contributed by atoms with Crippen LogP contribution in [0, 0.1) is 0 Å². The van der Waals surface area contributed by atoms with Crippen LogP contribution < -0.4 is 15.0 Å². The highest BCUT2D eigenvalue weighted by molar-refractivity contribution is 5.96. The van der Waals surface area contributed by atoms with Crippen LogP contribution >= 0.6 is 0 Å². The minimum Gasteiger partial charge on any atom is -0.494 e. The largest absolute Gasteiger partial charge is 0.494 e. The van der Waals surface area contributed by atoms with Gasteiger partial charge < -0.3 is 15.0 Å². The number of anilines is 1. The molecule has 1 saturated heterocycles. The third kappa shape index (κ3) is 5.00. The van der Waals surface area contributed by atoms with Gasteiger partial charge in [-0.15, -0.1) is 0 Å². The maximum absolute atomic E-state index is 12.6. The van der Waals surface area contributed by atoms with Crippen molar-refractivity contribution in [2.24, 2.45) is 0 Å². The SMILES string of the molecule is CCOc1ccc(N2CCN(CC(=O)NCCc3ccccc3)C2=O)cc1. The second-order valence-electron chi connectivity index (χ2n) is 6.37. The number of amides is 3. The molecule has 0 atom stereocenters. The predicted molar refractivity (Wildman–Crippen MR) is 105 cm³/mol. The van der Waals surface area contributed by atoms with E-state index >= 15 is 0 Å². The molecule has 0 spiro atoms. The molecule has 0 radical (unpaired) electrons. The third-order valence-corrected chi connectivity index (χ3v) is 4.47. The molecule has 1 aliphatic rings. The molecule has 1 heterocycles. The van der Waals surface area contributed by atoms with Crippen molar-refractivity contribution in [2.45, 2.75) is 13.3 Å². The Morgan fingerprint density at radius 3 is 2.52 bits per heavy atom. The normalized spacial score (nSPS) is 13.7. The zero-order chi connectivity index (χ0) is 19.1. The summed E-state index contributed by atoms with van der Waals surface area (Å²) in [4.78, 5) is 28.0. The number of nitrogens with zero attached hydrogens (tertiary/aromatic N) is 2. The van der Waals surface area contributed by atoms with Gasteiger partial charge in [0.15, 0.2) is 0 Å². The fraction of sp³-hybridized carbons (Fsp3) is 0.333. The highest BCUT2D eigenvalue weighted by Crippen LogP contribution is 2.23. The van der Waals surface area contributed by atoms with E-state index in [0.29, 0.717) is 26.2 Å². The van der Waals surface area contributed by atoms with Gasteiger partial charge in [-0.1, -0.05) is 30.3 Å². The highest BCUT2D eigenvalue weighted by Gasteiger charge is 2.30. The number of benzene rings is 2. The van der Waals surface area contributed by atoms with E-state index in [2.05, 4.69) is 5.32 Å². The Morgan fingerprint density at radius 1 is 1.07 bits per heavy atom. The lowest BCUT2D eigenvalue weighted by Gasteiger charge is -2.18. The first kappa shape index (κ1) is 18.8. The zero-order valence-electron chi connectivity index (χ0n) is 15.6. The molecular weight excluding hydrogens is 342 g/mol. The average Bonchev–Trinajstić information content (AvgIpc) is 3.04. The lowest BCUT2D eigenvalue weighted by atomic mass is 10.1. The number of ether oxygens (including phenoxy) is 1. The molecule has 6 heteroatoms. The van der Waals surface area contributed by atoms with E-state index in [1.165, 1.54) is 5.56 Å². The molecule has 142 valence electrons. The summed E-state index contributed by atoms with van der Waals surface area (Å²) in [5.41, 5.74) is 1.99. The smallest absolute Gasteiger partial charge is 0.325 e. The topological polar surface area (TPSA) is 61.9 Å². The first-order chi connectivity index (χ1) is 13.2. The number of rotatable bonds is 8. The highest BCUT2D eigenvalue weighted by atomic mass is 16.5. The molecule has 0 aromatic heterocycles.